The van der Waals surface area contributed by atoms with Gasteiger partial charge in [-0.15, -0.1) is 0 Å². The molecule has 1 aromatic rings. The van der Waals surface area contributed by atoms with Crippen molar-refractivity contribution in [3.05, 3.63) is 29.3 Å². The van der Waals surface area contributed by atoms with E-state index in [9.17, 15) is 4.79 Å². The molecule has 5 heteroatoms. The lowest BCUT2D eigenvalue weighted by Crippen LogP contribution is -2.24. The number of fused-ring (bicyclic) bond motifs is 1. The molecule has 3 rings (SSSR count). The number of amides is 1. The molecule has 1 atom stereocenters. The Hall–Kier alpha value is -2.04. The average molecular weight is 231 g/mol. The van der Waals surface area contributed by atoms with E-state index in [1.54, 1.807) is 7.05 Å². The van der Waals surface area contributed by atoms with Gasteiger partial charge in [0.05, 0.1) is 6.61 Å². The van der Waals surface area contributed by atoms with Crippen LogP contribution in [-0.2, 0) is 11.2 Å². The lowest BCUT2D eigenvalue weighted by molar-refractivity contribution is -0.120. The lowest BCUT2D eigenvalue weighted by atomic mass is 10.0. The number of hydrogen-bond acceptors (Lipinski definition) is 3. The highest BCUT2D eigenvalue weighted by molar-refractivity contribution is 6.06. The summed E-state index contributed by atoms with van der Waals surface area (Å²) in [7, 11) is 1.64. The predicted octanol–water partition coefficient (Wildman–Crippen LogP) is 0.368. The first-order valence-corrected chi connectivity index (χ1v) is 5.58. The van der Waals surface area contributed by atoms with Gasteiger partial charge < -0.3 is 10.1 Å². The summed E-state index contributed by atoms with van der Waals surface area (Å²) in [6.45, 7) is 0.727. The van der Waals surface area contributed by atoms with Crippen molar-refractivity contribution in [2.45, 2.75) is 12.5 Å². The van der Waals surface area contributed by atoms with Gasteiger partial charge >= 0.3 is 0 Å². The van der Waals surface area contributed by atoms with Gasteiger partial charge in [0.2, 0.25) is 0 Å². The maximum atomic E-state index is 11.8. The highest BCUT2D eigenvalue weighted by Gasteiger charge is 2.30. The number of aliphatic imine (C=N–C) groups is 1. The predicted molar refractivity (Wildman–Crippen MR) is 63.0 cm³/mol. The monoisotopic (exact) mass is 231 g/mol. The van der Waals surface area contributed by atoms with Gasteiger partial charge in [-0.2, -0.15) is 0 Å². The Morgan fingerprint density at radius 3 is 3.12 bits per heavy atom. The van der Waals surface area contributed by atoms with Crippen LogP contribution in [0.15, 0.2) is 23.2 Å². The summed E-state index contributed by atoms with van der Waals surface area (Å²) in [4.78, 5) is 15.7. The van der Waals surface area contributed by atoms with E-state index in [-0.39, 0.29) is 11.9 Å². The molecule has 1 saturated heterocycles. The smallest absolute Gasteiger partial charge is 0.253 e. The van der Waals surface area contributed by atoms with Crippen molar-refractivity contribution in [3.63, 3.8) is 0 Å². The summed E-state index contributed by atoms with van der Waals surface area (Å²) < 4.78 is 5.44. The second-order valence-electron chi connectivity index (χ2n) is 4.10. The van der Waals surface area contributed by atoms with Gasteiger partial charge in [-0.25, -0.2) is 0 Å². The number of ether oxygens (including phenoxy) is 1. The average Bonchev–Trinajstić information content (AvgIpc) is 2.93. The normalized spacial score (nSPS) is 24.2. The molecule has 2 heterocycles. The van der Waals surface area contributed by atoms with E-state index in [0.29, 0.717) is 5.96 Å². The van der Waals surface area contributed by atoms with Crippen molar-refractivity contribution in [2.75, 3.05) is 13.7 Å². The van der Waals surface area contributed by atoms with Gasteiger partial charge in [0.1, 0.15) is 11.8 Å². The maximum Gasteiger partial charge on any atom is 0.253 e. The highest BCUT2D eigenvalue weighted by Crippen LogP contribution is 2.28. The fourth-order valence-corrected chi connectivity index (χ4v) is 2.17. The molecular weight excluding hydrogens is 218 g/mol. The third-order valence-corrected chi connectivity index (χ3v) is 3.06. The van der Waals surface area contributed by atoms with Crippen molar-refractivity contribution in [3.8, 4) is 5.75 Å². The van der Waals surface area contributed by atoms with Crippen molar-refractivity contribution < 1.29 is 9.53 Å². The summed E-state index contributed by atoms with van der Waals surface area (Å²) >= 11 is 0. The Morgan fingerprint density at radius 2 is 2.35 bits per heavy atom. The molecular formula is C12H13N3O2. The second kappa shape index (κ2) is 3.76. The molecule has 0 aliphatic carbocycles. The van der Waals surface area contributed by atoms with Gasteiger partial charge in [-0.1, -0.05) is 6.07 Å². The molecule has 0 saturated carbocycles. The Bertz CT molecular complexity index is 510. The summed E-state index contributed by atoms with van der Waals surface area (Å²) in [5.41, 5.74) is 2.12. The van der Waals surface area contributed by atoms with Crippen molar-refractivity contribution in [1.29, 1.82) is 0 Å². The molecule has 1 amide bonds. The van der Waals surface area contributed by atoms with Crippen LogP contribution in [0.25, 0.3) is 0 Å². The van der Waals surface area contributed by atoms with Gasteiger partial charge in [0.15, 0.2) is 5.96 Å². The summed E-state index contributed by atoms with van der Waals surface area (Å²) in [6, 6.07) is 5.52. The molecule has 1 aromatic carbocycles. The standard InChI is InChI=1S/C12H13N3O2/c1-13-12-14-10(11(16)15-12)8-2-3-9-7(6-8)4-5-17-9/h2-3,6,10H,4-5H2,1H3,(H2,13,14,15,16). The topological polar surface area (TPSA) is 62.7 Å². The number of guanidine groups is 1. The van der Waals surface area contributed by atoms with E-state index >= 15 is 0 Å². The number of benzene rings is 1. The second-order valence-corrected chi connectivity index (χ2v) is 4.10. The minimum Gasteiger partial charge on any atom is -0.493 e. The zero-order valence-electron chi connectivity index (χ0n) is 9.49. The Labute approximate surface area is 98.9 Å². The van der Waals surface area contributed by atoms with Gasteiger partial charge in [0.25, 0.3) is 5.91 Å². The molecule has 0 spiro atoms. The van der Waals surface area contributed by atoms with Crippen molar-refractivity contribution >= 4 is 11.9 Å². The van der Waals surface area contributed by atoms with Crippen LogP contribution < -0.4 is 15.4 Å². The quantitative estimate of drug-likeness (QED) is 0.734. The molecule has 1 unspecified atom stereocenters. The van der Waals surface area contributed by atoms with Crippen LogP contribution in [0.4, 0.5) is 0 Å². The van der Waals surface area contributed by atoms with Crippen LogP contribution in [0.2, 0.25) is 0 Å². The van der Waals surface area contributed by atoms with E-state index in [4.69, 9.17) is 4.74 Å². The van der Waals surface area contributed by atoms with E-state index in [2.05, 4.69) is 15.6 Å². The molecule has 2 aliphatic heterocycles. The van der Waals surface area contributed by atoms with E-state index in [1.165, 1.54) is 5.56 Å². The highest BCUT2D eigenvalue weighted by atomic mass is 16.5. The van der Waals surface area contributed by atoms with Gasteiger partial charge in [-0.05, 0) is 23.3 Å². The van der Waals surface area contributed by atoms with Crippen molar-refractivity contribution in [2.24, 2.45) is 4.99 Å². The van der Waals surface area contributed by atoms with E-state index < -0.39 is 0 Å². The molecule has 5 nitrogen and oxygen atoms in total. The molecule has 1 fully saturated rings. The fourth-order valence-electron chi connectivity index (χ4n) is 2.17. The van der Waals surface area contributed by atoms with Crippen LogP contribution in [0.5, 0.6) is 5.75 Å². The van der Waals surface area contributed by atoms with Crippen LogP contribution >= 0.6 is 0 Å². The molecule has 0 aromatic heterocycles. The number of hydrogen-bond donors (Lipinski definition) is 2. The van der Waals surface area contributed by atoms with Crippen LogP contribution in [0.1, 0.15) is 17.2 Å². The summed E-state index contributed by atoms with van der Waals surface area (Å²) in [6.07, 6.45) is 0.909. The maximum absolute atomic E-state index is 11.8. The lowest BCUT2D eigenvalue weighted by Gasteiger charge is -2.09. The molecule has 88 valence electrons. The van der Waals surface area contributed by atoms with Crippen LogP contribution in [0.3, 0.4) is 0 Å². The molecule has 0 radical (unpaired) electrons. The minimum absolute atomic E-state index is 0.0653. The van der Waals surface area contributed by atoms with Crippen LogP contribution in [0, 0.1) is 0 Å². The van der Waals surface area contributed by atoms with Crippen molar-refractivity contribution in [1.82, 2.24) is 10.6 Å². The molecule has 2 N–H and O–H groups in total. The molecule has 2 aliphatic rings. The Morgan fingerprint density at radius 1 is 1.47 bits per heavy atom. The van der Waals surface area contributed by atoms with E-state index in [1.807, 2.05) is 18.2 Å². The number of nitrogens with zero attached hydrogens (tertiary/aromatic N) is 1. The summed E-state index contributed by atoms with van der Waals surface area (Å²) in [5.74, 6) is 1.39. The first-order chi connectivity index (χ1) is 8.28. The number of rotatable bonds is 1. The van der Waals surface area contributed by atoms with E-state index in [0.717, 1.165) is 24.3 Å². The number of carbonyl (C=O) groups excluding carboxylic acids is 1. The molecule has 17 heavy (non-hydrogen) atoms. The first-order valence-electron chi connectivity index (χ1n) is 5.58. The molecule has 0 bridgehead atoms. The largest absolute Gasteiger partial charge is 0.493 e. The summed E-state index contributed by atoms with van der Waals surface area (Å²) in [5, 5.41) is 5.73. The third-order valence-electron chi connectivity index (χ3n) is 3.06. The zero-order chi connectivity index (χ0) is 11.8. The third kappa shape index (κ3) is 1.63. The first kappa shape index (κ1) is 10.1. The van der Waals surface area contributed by atoms with Crippen LogP contribution in [-0.4, -0.2) is 25.5 Å². The van der Waals surface area contributed by atoms with Gasteiger partial charge in [0, 0.05) is 13.5 Å². The SMILES string of the molecule is CN=C1NC(=O)C(c2ccc3c(c2)CCO3)N1. The minimum atomic E-state index is -0.348. The zero-order valence-corrected chi connectivity index (χ0v) is 9.49. The van der Waals surface area contributed by atoms with Gasteiger partial charge in [-0.3, -0.25) is 15.1 Å². The fraction of sp³-hybridized carbons (Fsp3) is 0.333. The Kier molecular flexibility index (Phi) is 2.24. The number of nitrogens with one attached hydrogen (secondary N) is 2. The Balaban J connectivity index is 1.92. The number of carbonyl (C=O) groups is 1.